The van der Waals surface area contributed by atoms with Crippen molar-refractivity contribution in [3.8, 4) is 0 Å². The number of halogens is 3. The maximum Gasteiger partial charge on any atom is 0.265 e. The standard InChI is InChI=1S/C12H16F3NO/c1-2-10(16-7-11(17)12(14)15)8-5-3-4-6-9(8)13/h3-6,10-12,16-17H,2,7H2,1H3. The Balaban J connectivity index is 2.64. The number of rotatable bonds is 6. The van der Waals surface area contributed by atoms with Gasteiger partial charge < -0.3 is 10.4 Å². The molecular formula is C12H16F3NO. The molecule has 0 radical (unpaired) electrons. The molecule has 0 aliphatic carbocycles. The average Bonchev–Trinajstić information content (AvgIpc) is 2.31. The third-order valence-corrected chi connectivity index (χ3v) is 2.55. The molecule has 0 fully saturated rings. The lowest BCUT2D eigenvalue weighted by atomic mass is 10.0. The molecule has 96 valence electrons. The van der Waals surface area contributed by atoms with Crippen LogP contribution < -0.4 is 5.32 Å². The first kappa shape index (κ1) is 14.0. The summed E-state index contributed by atoms with van der Waals surface area (Å²) in [6.07, 6.45) is -3.96. The molecule has 0 aliphatic rings. The van der Waals surface area contributed by atoms with E-state index in [0.29, 0.717) is 12.0 Å². The predicted octanol–water partition coefficient (Wildman–Crippen LogP) is 2.49. The third kappa shape index (κ3) is 4.02. The Kier molecular flexibility index (Phi) is 5.44. The molecule has 5 heteroatoms. The number of nitrogens with one attached hydrogen (secondary N) is 1. The Labute approximate surface area is 98.5 Å². The summed E-state index contributed by atoms with van der Waals surface area (Å²) in [4.78, 5) is 0. The molecule has 0 amide bonds. The molecule has 2 N–H and O–H groups in total. The number of hydrogen-bond acceptors (Lipinski definition) is 2. The second kappa shape index (κ2) is 6.61. The van der Waals surface area contributed by atoms with Gasteiger partial charge in [0.1, 0.15) is 11.9 Å². The minimum atomic E-state index is -2.79. The van der Waals surface area contributed by atoms with Crippen molar-refractivity contribution in [3.63, 3.8) is 0 Å². The zero-order valence-electron chi connectivity index (χ0n) is 9.54. The van der Waals surface area contributed by atoms with E-state index in [1.54, 1.807) is 18.2 Å². The molecule has 0 aliphatic heterocycles. The average molecular weight is 247 g/mol. The van der Waals surface area contributed by atoms with Crippen molar-refractivity contribution in [2.75, 3.05) is 6.54 Å². The highest BCUT2D eigenvalue weighted by Gasteiger charge is 2.19. The van der Waals surface area contributed by atoms with E-state index in [2.05, 4.69) is 5.32 Å². The first-order valence-corrected chi connectivity index (χ1v) is 5.50. The van der Waals surface area contributed by atoms with Crippen LogP contribution >= 0.6 is 0 Å². The highest BCUT2D eigenvalue weighted by atomic mass is 19.3. The SMILES string of the molecule is CCC(NCC(O)C(F)F)c1ccccc1F. The number of hydrogen-bond donors (Lipinski definition) is 2. The number of aliphatic hydroxyl groups is 1. The van der Waals surface area contributed by atoms with Gasteiger partial charge >= 0.3 is 0 Å². The van der Waals surface area contributed by atoms with Gasteiger partial charge in [0.25, 0.3) is 6.43 Å². The largest absolute Gasteiger partial charge is 0.386 e. The van der Waals surface area contributed by atoms with Crippen LogP contribution in [0.1, 0.15) is 24.9 Å². The van der Waals surface area contributed by atoms with E-state index in [9.17, 15) is 13.2 Å². The number of alkyl halides is 2. The van der Waals surface area contributed by atoms with E-state index in [1.165, 1.54) is 6.07 Å². The van der Waals surface area contributed by atoms with Crippen molar-refractivity contribution in [3.05, 3.63) is 35.6 Å². The second-order valence-electron chi connectivity index (χ2n) is 3.79. The van der Waals surface area contributed by atoms with E-state index < -0.39 is 12.5 Å². The molecule has 0 saturated heterocycles. The molecule has 2 nitrogen and oxygen atoms in total. The summed E-state index contributed by atoms with van der Waals surface area (Å²) in [5, 5.41) is 11.7. The van der Waals surface area contributed by atoms with Crippen LogP contribution in [0.5, 0.6) is 0 Å². The Morgan fingerprint density at radius 3 is 2.47 bits per heavy atom. The summed E-state index contributed by atoms with van der Waals surface area (Å²) >= 11 is 0. The van der Waals surface area contributed by atoms with Gasteiger partial charge in [-0.05, 0) is 12.5 Å². The van der Waals surface area contributed by atoms with Crippen LogP contribution in [0, 0.1) is 5.82 Å². The zero-order chi connectivity index (χ0) is 12.8. The Morgan fingerprint density at radius 1 is 1.29 bits per heavy atom. The van der Waals surface area contributed by atoms with Crippen LogP contribution in [0.15, 0.2) is 24.3 Å². The molecule has 0 saturated carbocycles. The molecule has 0 aromatic heterocycles. The van der Waals surface area contributed by atoms with Gasteiger partial charge in [-0.1, -0.05) is 25.1 Å². The minimum Gasteiger partial charge on any atom is -0.386 e. The van der Waals surface area contributed by atoms with Crippen molar-refractivity contribution in [2.24, 2.45) is 0 Å². The maximum atomic E-state index is 13.5. The van der Waals surface area contributed by atoms with Gasteiger partial charge in [0.2, 0.25) is 0 Å². The summed E-state index contributed by atoms with van der Waals surface area (Å²) < 4.78 is 37.7. The van der Waals surface area contributed by atoms with Gasteiger partial charge in [-0.25, -0.2) is 13.2 Å². The van der Waals surface area contributed by atoms with Crippen LogP contribution in [0.3, 0.4) is 0 Å². The summed E-state index contributed by atoms with van der Waals surface area (Å²) in [6, 6.07) is 5.81. The molecule has 0 heterocycles. The highest BCUT2D eigenvalue weighted by Crippen LogP contribution is 2.19. The van der Waals surface area contributed by atoms with Gasteiger partial charge in [-0.15, -0.1) is 0 Å². The molecule has 17 heavy (non-hydrogen) atoms. The van der Waals surface area contributed by atoms with Crippen LogP contribution in [0.2, 0.25) is 0 Å². The van der Waals surface area contributed by atoms with Crippen LogP contribution in [-0.2, 0) is 0 Å². The monoisotopic (exact) mass is 247 g/mol. The summed E-state index contributed by atoms with van der Waals surface area (Å²) in [5.41, 5.74) is 0.427. The van der Waals surface area contributed by atoms with E-state index in [1.807, 2.05) is 6.92 Å². The predicted molar refractivity (Wildman–Crippen MR) is 59.4 cm³/mol. The fourth-order valence-corrected chi connectivity index (χ4v) is 1.58. The van der Waals surface area contributed by atoms with Gasteiger partial charge in [0, 0.05) is 18.2 Å². The second-order valence-corrected chi connectivity index (χ2v) is 3.79. The molecule has 1 rings (SSSR count). The van der Waals surface area contributed by atoms with Gasteiger partial charge in [0.05, 0.1) is 0 Å². The Hall–Kier alpha value is -1.07. The van der Waals surface area contributed by atoms with Crippen LogP contribution in [0.25, 0.3) is 0 Å². The summed E-state index contributed by atoms with van der Waals surface area (Å²) in [6.45, 7) is 1.56. The summed E-state index contributed by atoms with van der Waals surface area (Å²) in [7, 11) is 0. The van der Waals surface area contributed by atoms with Crippen molar-refractivity contribution in [1.29, 1.82) is 0 Å². The van der Waals surface area contributed by atoms with Crippen LogP contribution in [0.4, 0.5) is 13.2 Å². The molecule has 0 spiro atoms. The third-order valence-electron chi connectivity index (χ3n) is 2.55. The van der Waals surface area contributed by atoms with E-state index in [0.717, 1.165) is 0 Å². The lowest BCUT2D eigenvalue weighted by molar-refractivity contribution is -0.00476. The summed E-state index contributed by atoms with van der Waals surface area (Å²) in [5.74, 6) is -0.376. The Morgan fingerprint density at radius 2 is 1.94 bits per heavy atom. The molecule has 1 aromatic rings. The number of benzene rings is 1. The fourth-order valence-electron chi connectivity index (χ4n) is 1.58. The van der Waals surface area contributed by atoms with Gasteiger partial charge in [-0.2, -0.15) is 0 Å². The smallest absolute Gasteiger partial charge is 0.265 e. The quantitative estimate of drug-likeness (QED) is 0.809. The van der Waals surface area contributed by atoms with E-state index in [4.69, 9.17) is 5.11 Å². The molecule has 1 aromatic carbocycles. The molecular weight excluding hydrogens is 231 g/mol. The Bertz CT molecular complexity index is 346. The van der Waals surface area contributed by atoms with Crippen molar-refractivity contribution < 1.29 is 18.3 Å². The van der Waals surface area contributed by atoms with Gasteiger partial charge in [-0.3, -0.25) is 0 Å². The first-order chi connectivity index (χ1) is 8.06. The number of aliphatic hydroxyl groups excluding tert-OH is 1. The highest BCUT2D eigenvalue weighted by molar-refractivity contribution is 5.21. The fraction of sp³-hybridized carbons (Fsp3) is 0.500. The minimum absolute atomic E-state index is 0.259. The van der Waals surface area contributed by atoms with E-state index >= 15 is 0 Å². The maximum absolute atomic E-state index is 13.5. The normalized spacial score (nSPS) is 14.9. The van der Waals surface area contributed by atoms with Gasteiger partial charge in [0.15, 0.2) is 0 Å². The molecule has 2 atom stereocenters. The van der Waals surface area contributed by atoms with E-state index in [-0.39, 0.29) is 18.4 Å². The van der Waals surface area contributed by atoms with Crippen molar-refractivity contribution in [2.45, 2.75) is 31.9 Å². The van der Waals surface area contributed by atoms with Crippen LogP contribution in [-0.4, -0.2) is 24.2 Å². The molecule has 0 bridgehead atoms. The first-order valence-electron chi connectivity index (χ1n) is 5.50. The zero-order valence-corrected chi connectivity index (χ0v) is 9.54. The lowest BCUT2D eigenvalue weighted by Crippen LogP contribution is -2.34. The van der Waals surface area contributed by atoms with Crippen molar-refractivity contribution in [1.82, 2.24) is 5.32 Å². The topological polar surface area (TPSA) is 32.3 Å². The van der Waals surface area contributed by atoms with Crippen molar-refractivity contribution >= 4 is 0 Å². The lowest BCUT2D eigenvalue weighted by Gasteiger charge is -2.20. The molecule has 2 unspecified atom stereocenters.